The van der Waals surface area contributed by atoms with Crippen molar-refractivity contribution in [1.82, 2.24) is 5.32 Å². The Hall–Kier alpha value is -1.45. The first-order valence-corrected chi connectivity index (χ1v) is 8.66. The highest BCUT2D eigenvalue weighted by molar-refractivity contribution is 8.00. The van der Waals surface area contributed by atoms with Crippen LogP contribution in [0.4, 0.5) is 4.79 Å². The van der Waals surface area contributed by atoms with Crippen molar-refractivity contribution in [2.75, 3.05) is 12.9 Å². The average molecular weight is 340 g/mol. The number of methoxy groups -OCH3 is 1. The van der Waals surface area contributed by atoms with Gasteiger partial charge in [0.05, 0.1) is 23.5 Å². The van der Waals surface area contributed by atoms with Crippen LogP contribution in [0.5, 0.6) is 0 Å². The molecule has 5 nitrogen and oxygen atoms in total. The first kappa shape index (κ1) is 21.6. The van der Waals surface area contributed by atoms with E-state index in [4.69, 9.17) is 14.7 Å². The summed E-state index contributed by atoms with van der Waals surface area (Å²) >= 11 is 1.71. The van der Waals surface area contributed by atoms with Crippen molar-refractivity contribution >= 4 is 17.9 Å². The van der Waals surface area contributed by atoms with Gasteiger partial charge in [0.15, 0.2) is 0 Å². The summed E-state index contributed by atoms with van der Waals surface area (Å²) in [7, 11) is 1.63. The van der Waals surface area contributed by atoms with E-state index in [1.165, 1.54) is 6.08 Å². The van der Waals surface area contributed by atoms with Crippen LogP contribution in [-0.4, -0.2) is 42.0 Å². The Bertz CT molecular complexity index is 450. The number of amides is 1. The van der Waals surface area contributed by atoms with E-state index in [0.717, 1.165) is 5.75 Å². The number of nitrogens with one attached hydrogen (secondary N) is 1. The number of nitrogens with zero attached hydrogens (tertiary/aromatic N) is 1. The van der Waals surface area contributed by atoms with Crippen LogP contribution >= 0.6 is 11.8 Å². The van der Waals surface area contributed by atoms with Crippen LogP contribution in [-0.2, 0) is 9.47 Å². The van der Waals surface area contributed by atoms with Crippen molar-refractivity contribution in [1.29, 1.82) is 5.26 Å². The minimum atomic E-state index is -0.536. The van der Waals surface area contributed by atoms with E-state index in [0.29, 0.717) is 0 Å². The zero-order chi connectivity index (χ0) is 17.9. The van der Waals surface area contributed by atoms with E-state index < -0.39 is 11.7 Å². The zero-order valence-electron chi connectivity index (χ0n) is 14.8. The third-order valence-corrected chi connectivity index (χ3v) is 3.92. The highest BCUT2D eigenvalue weighted by Crippen LogP contribution is 2.21. The molecule has 0 saturated heterocycles. The second-order valence-electron chi connectivity index (χ2n) is 5.93. The van der Waals surface area contributed by atoms with E-state index in [1.54, 1.807) is 24.9 Å². The van der Waals surface area contributed by atoms with Crippen molar-refractivity contribution < 1.29 is 14.3 Å². The van der Waals surface area contributed by atoms with E-state index >= 15 is 0 Å². The zero-order valence-corrected chi connectivity index (χ0v) is 15.6. The molecule has 0 aromatic heterocycles. The number of rotatable bonds is 8. The number of nitriles is 1. The van der Waals surface area contributed by atoms with Gasteiger partial charge in [0.2, 0.25) is 0 Å². The molecule has 0 aliphatic carbocycles. The summed E-state index contributed by atoms with van der Waals surface area (Å²) in [5.41, 5.74) is -0.536. The predicted molar refractivity (Wildman–Crippen MR) is 95.4 cm³/mol. The minimum Gasteiger partial charge on any atom is -0.444 e. The molecule has 3 atom stereocenters. The number of hydrogen-bond donors (Lipinski definition) is 1. The van der Waals surface area contributed by atoms with E-state index in [2.05, 4.69) is 12.2 Å². The topological polar surface area (TPSA) is 71.3 Å². The molecule has 1 N–H and O–H groups in total. The number of carbonyl (C=O) groups is 1. The van der Waals surface area contributed by atoms with Gasteiger partial charge in [-0.3, -0.25) is 0 Å². The molecule has 23 heavy (non-hydrogen) atoms. The summed E-state index contributed by atoms with van der Waals surface area (Å²) < 4.78 is 10.9. The standard InChI is InChI=1S/C17H28N2O3S/c1-7-23-14(11-9-8-10-12-18)15(21-6)13(2)19-16(20)22-17(3,4)5/h8-11,13-15H,7H2,1-6H3,(H,19,20)/b10-8+,11-9+/t13-,14+,15-/m1/s1. The number of alkyl carbamates (subject to hydrolysis) is 1. The molecule has 0 bridgehead atoms. The number of allylic oxidation sites excluding steroid dienone is 3. The largest absolute Gasteiger partial charge is 0.444 e. The van der Waals surface area contributed by atoms with Gasteiger partial charge < -0.3 is 14.8 Å². The van der Waals surface area contributed by atoms with Gasteiger partial charge in [-0.05, 0) is 33.4 Å². The maximum absolute atomic E-state index is 11.9. The number of ether oxygens (including phenoxy) is 2. The number of carbonyl (C=O) groups excluding carboxylic acids is 1. The first-order chi connectivity index (χ1) is 10.7. The number of hydrogen-bond acceptors (Lipinski definition) is 5. The lowest BCUT2D eigenvalue weighted by molar-refractivity contribution is 0.0375. The predicted octanol–water partition coefficient (Wildman–Crippen LogP) is 3.67. The van der Waals surface area contributed by atoms with Crippen molar-refractivity contribution in [3.05, 3.63) is 24.3 Å². The molecular formula is C17H28N2O3S. The molecule has 0 unspecified atom stereocenters. The lowest BCUT2D eigenvalue weighted by atomic mass is 10.1. The smallest absolute Gasteiger partial charge is 0.407 e. The molecule has 0 rings (SSSR count). The lowest BCUT2D eigenvalue weighted by Gasteiger charge is -2.30. The second kappa shape index (κ2) is 11.1. The van der Waals surface area contributed by atoms with Crippen LogP contribution in [0.15, 0.2) is 24.3 Å². The van der Waals surface area contributed by atoms with Gasteiger partial charge in [0, 0.05) is 13.2 Å². The van der Waals surface area contributed by atoms with Crippen LogP contribution in [0.3, 0.4) is 0 Å². The van der Waals surface area contributed by atoms with Gasteiger partial charge in [-0.2, -0.15) is 17.0 Å². The monoisotopic (exact) mass is 340 g/mol. The summed E-state index contributed by atoms with van der Waals surface area (Å²) in [5.74, 6) is 0.913. The van der Waals surface area contributed by atoms with Crippen LogP contribution in [0.2, 0.25) is 0 Å². The summed E-state index contributed by atoms with van der Waals surface area (Å²) in [6.07, 6.45) is 6.22. The summed E-state index contributed by atoms with van der Waals surface area (Å²) in [5, 5.41) is 11.4. The molecule has 0 aromatic carbocycles. The molecule has 0 spiro atoms. The fraction of sp³-hybridized carbons (Fsp3) is 0.647. The molecular weight excluding hydrogens is 312 g/mol. The van der Waals surface area contributed by atoms with Gasteiger partial charge in [-0.15, -0.1) is 0 Å². The van der Waals surface area contributed by atoms with Crippen molar-refractivity contribution in [3.63, 3.8) is 0 Å². The Morgan fingerprint density at radius 2 is 2.04 bits per heavy atom. The quantitative estimate of drug-likeness (QED) is 0.539. The fourth-order valence-electron chi connectivity index (χ4n) is 1.92. The highest BCUT2D eigenvalue weighted by Gasteiger charge is 2.27. The first-order valence-electron chi connectivity index (χ1n) is 7.62. The summed E-state index contributed by atoms with van der Waals surface area (Å²) in [6.45, 7) is 9.43. The van der Waals surface area contributed by atoms with Crippen LogP contribution < -0.4 is 5.32 Å². The van der Waals surface area contributed by atoms with Crippen LogP contribution in [0.1, 0.15) is 34.6 Å². The summed E-state index contributed by atoms with van der Waals surface area (Å²) in [4.78, 5) is 11.9. The van der Waals surface area contributed by atoms with E-state index in [1.807, 2.05) is 45.9 Å². The molecule has 0 saturated carbocycles. The van der Waals surface area contributed by atoms with Crippen molar-refractivity contribution in [2.45, 2.75) is 57.6 Å². The molecule has 0 radical (unpaired) electrons. The summed E-state index contributed by atoms with van der Waals surface area (Å²) in [6, 6.07) is 1.72. The fourth-order valence-corrected chi connectivity index (χ4v) is 3.05. The van der Waals surface area contributed by atoms with Gasteiger partial charge in [0.1, 0.15) is 5.60 Å². The molecule has 1 amide bonds. The lowest BCUT2D eigenvalue weighted by Crippen LogP contribution is -2.47. The van der Waals surface area contributed by atoms with Gasteiger partial charge in [-0.25, -0.2) is 4.79 Å². The molecule has 0 fully saturated rings. The average Bonchev–Trinajstić information content (AvgIpc) is 2.42. The maximum atomic E-state index is 11.9. The Balaban J connectivity index is 4.89. The Morgan fingerprint density at radius 1 is 1.39 bits per heavy atom. The maximum Gasteiger partial charge on any atom is 0.407 e. The Labute approximate surface area is 144 Å². The molecule has 0 aliphatic heterocycles. The van der Waals surface area contributed by atoms with Gasteiger partial charge >= 0.3 is 6.09 Å². The molecule has 0 heterocycles. The van der Waals surface area contributed by atoms with Crippen molar-refractivity contribution in [2.24, 2.45) is 0 Å². The van der Waals surface area contributed by atoms with E-state index in [-0.39, 0.29) is 17.4 Å². The van der Waals surface area contributed by atoms with Gasteiger partial charge in [0.25, 0.3) is 0 Å². The molecule has 0 aliphatic rings. The molecule has 0 aromatic rings. The third-order valence-electron chi connectivity index (χ3n) is 2.77. The second-order valence-corrected chi connectivity index (χ2v) is 7.38. The minimum absolute atomic E-state index is 0.0540. The Morgan fingerprint density at radius 3 is 2.52 bits per heavy atom. The van der Waals surface area contributed by atoms with Crippen molar-refractivity contribution in [3.8, 4) is 6.07 Å². The van der Waals surface area contributed by atoms with E-state index in [9.17, 15) is 4.79 Å². The van der Waals surface area contributed by atoms with Gasteiger partial charge in [-0.1, -0.05) is 25.2 Å². The Kier molecular flexibility index (Phi) is 10.4. The number of thioether (sulfide) groups is 1. The molecule has 6 heteroatoms. The van der Waals surface area contributed by atoms with Crippen LogP contribution in [0, 0.1) is 11.3 Å². The third kappa shape index (κ3) is 10.0. The normalized spacial score (nSPS) is 16.0. The van der Waals surface area contributed by atoms with Crippen LogP contribution in [0.25, 0.3) is 0 Å². The molecule has 130 valence electrons. The SMILES string of the molecule is CCS[C@@H](/C=C/C=C/C#N)[C@H](OC)[C@@H](C)NC(=O)OC(C)(C)C. The highest BCUT2D eigenvalue weighted by atomic mass is 32.2.